The molecule has 1 saturated heterocycles. The lowest BCUT2D eigenvalue weighted by atomic mass is 9.45. The van der Waals surface area contributed by atoms with Crippen molar-refractivity contribution in [2.24, 2.45) is 51.2 Å². The van der Waals surface area contributed by atoms with Gasteiger partial charge in [0.05, 0.1) is 30.7 Å². The number of rotatable bonds is 6. The maximum Gasteiger partial charge on any atom is 0.303 e. The van der Waals surface area contributed by atoms with Crippen LogP contribution in [-0.4, -0.2) is 59.6 Å². The summed E-state index contributed by atoms with van der Waals surface area (Å²) in [6.45, 7) is 16.4. The molecule has 12 atom stereocenters. The average molecular weight is 641 g/mol. The molecule has 2 spiro atoms. The number of carbonyl (C=O) groups excluding carboxylic acids is 1. The Labute approximate surface area is 277 Å². The van der Waals surface area contributed by atoms with Gasteiger partial charge in [-0.3, -0.25) is 4.79 Å². The van der Waals surface area contributed by atoms with Crippen LogP contribution < -0.4 is 0 Å². The van der Waals surface area contributed by atoms with Gasteiger partial charge in [0.25, 0.3) is 0 Å². The molecule has 5 aliphatic carbocycles. The summed E-state index contributed by atoms with van der Waals surface area (Å²) in [5.41, 5.74) is 1.62. The van der Waals surface area contributed by atoms with E-state index in [1.807, 2.05) is 0 Å². The van der Waals surface area contributed by atoms with E-state index in [9.17, 15) is 15.0 Å². The number of terminal acetylenes is 1. The van der Waals surface area contributed by atoms with E-state index < -0.39 is 11.7 Å². The van der Waals surface area contributed by atoms with Gasteiger partial charge in [-0.1, -0.05) is 27.7 Å². The summed E-state index contributed by atoms with van der Waals surface area (Å²) in [6, 6.07) is 0. The van der Waals surface area contributed by atoms with Crippen LogP contribution in [0.2, 0.25) is 0 Å². The van der Waals surface area contributed by atoms with Crippen LogP contribution in [-0.2, 0) is 23.7 Å². The zero-order valence-corrected chi connectivity index (χ0v) is 29.5. The molecule has 7 aliphatic rings. The lowest BCUT2D eigenvalue weighted by Crippen LogP contribution is -2.53. The Morgan fingerprint density at radius 1 is 1.04 bits per heavy atom. The highest BCUT2D eigenvalue weighted by Gasteiger charge is 2.84. The molecule has 46 heavy (non-hydrogen) atoms. The molecule has 0 aromatic rings. The third-order valence-corrected chi connectivity index (χ3v) is 15.0. The van der Waals surface area contributed by atoms with Crippen LogP contribution in [0.25, 0.3) is 0 Å². The van der Waals surface area contributed by atoms with Crippen LogP contribution in [0, 0.1) is 64.1 Å². The zero-order valence-electron chi connectivity index (χ0n) is 29.5. The molecule has 0 amide bonds. The van der Waals surface area contributed by atoms with Gasteiger partial charge in [0.1, 0.15) is 6.10 Å². The topological polar surface area (TPSA) is 94.5 Å². The van der Waals surface area contributed by atoms with E-state index in [0.717, 1.165) is 43.5 Å². The second-order valence-electron chi connectivity index (χ2n) is 17.4. The number of carbonyl (C=O) groups is 1. The molecule has 7 nitrogen and oxygen atoms in total. The van der Waals surface area contributed by atoms with E-state index in [4.69, 9.17) is 18.9 Å². The van der Waals surface area contributed by atoms with Crippen molar-refractivity contribution < 1.29 is 34.0 Å². The summed E-state index contributed by atoms with van der Waals surface area (Å²) in [5, 5.41) is 21.0. The highest BCUT2D eigenvalue weighted by atomic mass is 16.7. The summed E-state index contributed by atoms with van der Waals surface area (Å²) in [5.74, 6) is 4.09. The Morgan fingerprint density at radius 3 is 2.46 bits per heavy atom. The quantitative estimate of drug-likeness (QED) is 0.244. The van der Waals surface area contributed by atoms with Gasteiger partial charge in [-0.15, -0.1) is 12.8 Å². The van der Waals surface area contributed by atoms with E-state index in [1.54, 1.807) is 13.8 Å². The van der Waals surface area contributed by atoms with Gasteiger partial charge in [0.15, 0.2) is 12.4 Å². The summed E-state index contributed by atoms with van der Waals surface area (Å²) < 4.78 is 24.6. The number of ether oxygens (including phenoxy) is 4. The van der Waals surface area contributed by atoms with E-state index in [2.05, 4.69) is 40.5 Å². The minimum Gasteiger partial charge on any atom is -0.491 e. The molecule has 0 aromatic heterocycles. The monoisotopic (exact) mass is 640 g/mol. The normalized spacial score (nSPS) is 46.1. The standard InChI is InChI=1S/C37H58O7.C2H2/c1-21-36-16-15-35(7)26-8-10-28(32(34(5,6)40)43-22(2)38)44-29(26)19-27(35)25(36)9-11-30-33(3,4)23(12-14-37(21,30)36)20-42-31-18-24(39)13-17-41-31;1-2/h21,23-25,27-28,30-32,39-40H,8-20H2,1-7H3;1-2H/t21-,23?,24-,25-,27?,28+,30?,31?,32+,35+,36-,37?;/m0./s1. The van der Waals surface area contributed by atoms with Gasteiger partial charge in [-0.05, 0) is 128 Å². The molecule has 2 heterocycles. The van der Waals surface area contributed by atoms with Crippen LogP contribution in [0.15, 0.2) is 11.3 Å². The first-order chi connectivity index (χ1) is 21.7. The maximum atomic E-state index is 11.9. The predicted octanol–water partition coefficient (Wildman–Crippen LogP) is 6.79. The highest BCUT2D eigenvalue weighted by molar-refractivity contribution is 5.66. The number of aliphatic hydroxyl groups is 2. The number of esters is 1. The summed E-state index contributed by atoms with van der Waals surface area (Å²) >= 11 is 0. The minimum absolute atomic E-state index is 0.184. The molecule has 5 unspecified atom stereocenters. The molecular formula is C39H60O7. The molecular weight excluding hydrogens is 580 g/mol. The molecule has 4 saturated carbocycles. The number of allylic oxidation sites excluding steroid dienone is 2. The van der Waals surface area contributed by atoms with Crippen LogP contribution >= 0.6 is 0 Å². The van der Waals surface area contributed by atoms with Gasteiger partial charge < -0.3 is 29.2 Å². The van der Waals surface area contributed by atoms with Crippen molar-refractivity contribution in [2.45, 2.75) is 149 Å². The minimum atomic E-state index is -1.16. The van der Waals surface area contributed by atoms with Crippen LogP contribution in [0.1, 0.15) is 119 Å². The van der Waals surface area contributed by atoms with Gasteiger partial charge >= 0.3 is 5.97 Å². The Balaban J connectivity index is 0.00000182. The third-order valence-electron chi connectivity index (χ3n) is 15.0. The van der Waals surface area contributed by atoms with Crippen LogP contribution in [0.4, 0.5) is 0 Å². The molecule has 0 aromatic carbocycles. The van der Waals surface area contributed by atoms with Crippen molar-refractivity contribution in [1.82, 2.24) is 0 Å². The Kier molecular flexibility index (Phi) is 8.78. The first-order valence-electron chi connectivity index (χ1n) is 18.2. The molecule has 7 rings (SSSR count). The molecule has 5 fully saturated rings. The molecule has 2 N–H and O–H groups in total. The smallest absolute Gasteiger partial charge is 0.303 e. The molecule has 7 heteroatoms. The van der Waals surface area contributed by atoms with E-state index in [-0.39, 0.29) is 35.3 Å². The lowest BCUT2D eigenvalue weighted by molar-refractivity contribution is -0.204. The second kappa shape index (κ2) is 11.8. The first-order valence-corrected chi connectivity index (χ1v) is 18.2. The Bertz CT molecular complexity index is 1230. The van der Waals surface area contributed by atoms with Crippen molar-refractivity contribution in [1.29, 1.82) is 0 Å². The zero-order chi connectivity index (χ0) is 33.4. The number of fused-ring (bicyclic) bond motifs is 3. The van der Waals surface area contributed by atoms with Gasteiger partial charge in [-0.25, -0.2) is 0 Å². The first kappa shape index (κ1) is 34.3. The van der Waals surface area contributed by atoms with Crippen molar-refractivity contribution in [3.8, 4) is 12.8 Å². The molecule has 2 aliphatic heterocycles. The van der Waals surface area contributed by atoms with Crippen molar-refractivity contribution in [3.05, 3.63) is 11.3 Å². The summed E-state index contributed by atoms with van der Waals surface area (Å²) in [6.07, 6.45) is 18.2. The molecule has 258 valence electrons. The maximum absolute atomic E-state index is 11.9. The lowest BCUT2D eigenvalue weighted by Gasteiger charge is -2.59. The third kappa shape index (κ3) is 4.93. The van der Waals surface area contributed by atoms with Gasteiger partial charge in [0, 0.05) is 19.8 Å². The van der Waals surface area contributed by atoms with Crippen molar-refractivity contribution in [2.75, 3.05) is 13.2 Å². The Hall–Kier alpha value is -1.59. The second-order valence-corrected chi connectivity index (χ2v) is 17.4. The number of aliphatic hydroxyl groups excluding tert-OH is 1. The highest BCUT2D eigenvalue weighted by Crippen LogP contribution is 2.90. The fraction of sp³-hybridized carbons (Fsp3) is 0.872. The van der Waals surface area contributed by atoms with Crippen molar-refractivity contribution in [3.63, 3.8) is 0 Å². The largest absolute Gasteiger partial charge is 0.491 e. The summed E-state index contributed by atoms with van der Waals surface area (Å²) in [4.78, 5) is 11.9. The van der Waals surface area contributed by atoms with Crippen molar-refractivity contribution >= 4 is 5.97 Å². The number of hydrogen-bond acceptors (Lipinski definition) is 7. The fourth-order valence-corrected chi connectivity index (χ4v) is 13.0. The average Bonchev–Trinajstić information content (AvgIpc) is 3.37. The predicted molar refractivity (Wildman–Crippen MR) is 176 cm³/mol. The number of hydrogen-bond donors (Lipinski definition) is 2. The van der Waals surface area contributed by atoms with Gasteiger partial charge in [-0.2, -0.15) is 0 Å². The Morgan fingerprint density at radius 2 is 1.78 bits per heavy atom. The molecule has 0 bridgehead atoms. The molecule has 0 radical (unpaired) electrons. The fourth-order valence-electron chi connectivity index (χ4n) is 13.0. The summed E-state index contributed by atoms with van der Waals surface area (Å²) in [7, 11) is 0. The van der Waals surface area contributed by atoms with Crippen LogP contribution in [0.3, 0.4) is 0 Å². The van der Waals surface area contributed by atoms with Crippen LogP contribution in [0.5, 0.6) is 0 Å². The van der Waals surface area contributed by atoms with Gasteiger partial charge in [0.2, 0.25) is 0 Å². The van der Waals surface area contributed by atoms with E-state index in [1.165, 1.54) is 51.0 Å². The van der Waals surface area contributed by atoms with E-state index in [0.29, 0.717) is 48.0 Å². The SMILES string of the molecule is C#C.CC(=O)O[C@H]([C@H]1CCC2=C(CC3[C@@H]4CCC5C(C)(C)C(COC6C[C@@H](O)CCO6)CCC56[C@@H](C)[C@@]46CC[C@]23C)O1)C(C)(C)O. The van der Waals surface area contributed by atoms with E-state index >= 15 is 0 Å².